The molecule has 4 heteroatoms. The smallest absolute Gasteiger partial charge is 0.191 e. The van der Waals surface area contributed by atoms with E-state index in [4.69, 9.17) is 0 Å². The molecule has 0 radical (unpaired) electrons. The number of hydrogen-bond acceptors (Lipinski definition) is 3. The van der Waals surface area contributed by atoms with Crippen molar-refractivity contribution >= 4 is 28.4 Å². The monoisotopic (exact) mass is 360 g/mol. The van der Waals surface area contributed by atoms with E-state index in [0.29, 0.717) is 6.04 Å². The predicted octanol–water partition coefficient (Wildman–Crippen LogP) is 4.80. The molecule has 26 heavy (non-hydrogen) atoms. The van der Waals surface area contributed by atoms with Gasteiger partial charge in [0.05, 0.1) is 11.1 Å². The summed E-state index contributed by atoms with van der Waals surface area (Å²) in [5.74, 6) is 0.149. The topological polar surface area (TPSA) is 25.2 Å². The van der Waals surface area contributed by atoms with Gasteiger partial charge < -0.3 is 9.47 Å². The molecule has 3 heterocycles. The van der Waals surface area contributed by atoms with Crippen molar-refractivity contribution in [3.63, 3.8) is 0 Å². The summed E-state index contributed by atoms with van der Waals surface area (Å²) in [7, 11) is 4.23. The first-order valence-electron chi connectivity index (χ1n) is 8.92. The number of hydrogen-bond donors (Lipinski definition) is 0. The van der Waals surface area contributed by atoms with Crippen LogP contribution in [0.1, 0.15) is 28.4 Å². The zero-order valence-electron chi connectivity index (χ0n) is 14.8. The number of Topliss-reactive ketones (excluding diaryl/α,β-unsaturated/α-hetero) is 1. The summed E-state index contributed by atoms with van der Waals surface area (Å²) < 4.78 is 2.29. The Bertz CT molecular complexity index is 1050. The molecule has 0 saturated heterocycles. The highest BCUT2D eigenvalue weighted by Crippen LogP contribution is 2.52. The van der Waals surface area contributed by atoms with Crippen molar-refractivity contribution in [1.82, 2.24) is 9.47 Å². The molecule has 2 aliphatic rings. The maximum Gasteiger partial charge on any atom is 0.191 e. The minimum atomic E-state index is 0.149. The van der Waals surface area contributed by atoms with Gasteiger partial charge in [0.25, 0.3) is 0 Å². The van der Waals surface area contributed by atoms with Crippen LogP contribution < -0.4 is 0 Å². The van der Waals surface area contributed by atoms with E-state index < -0.39 is 0 Å². The molecule has 130 valence electrons. The maximum atomic E-state index is 13.1. The van der Waals surface area contributed by atoms with Crippen molar-refractivity contribution in [1.29, 1.82) is 0 Å². The lowest BCUT2D eigenvalue weighted by Crippen LogP contribution is -2.35. The Kier molecular flexibility index (Phi) is 3.50. The Balaban J connectivity index is 1.62. The molecule has 3 aromatic rings. The minimum absolute atomic E-state index is 0.149. The van der Waals surface area contributed by atoms with Crippen LogP contribution >= 0.6 is 11.8 Å². The molecule has 0 aliphatic carbocycles. The van der Waals surface area contributed by atoms with E-state index in [1.807, 2.05) is 42.1 Å². The second kappa shape index (κ2) is 5.78. The summed E-state index contributed by atoms with van der Waals surface area (Å²) >= 11 is 1.84. The third-order valence-corrected chi connectivity index (χ3v) is 7.04. The molecule has 2 bridgehead atoms. The van der Waals surface area contributed by atoms with E-state index in [9.17, 15) is 4.79 Å². The Morgan fingerprint density at radius 2 is 1.77 bits per heavy atom. The summed E-state index contributed by atoms with van der Waals surface area (Å²) in [6, 6.07) is 18.6. The van der Waals surface area contributed by atoms with Crippen LogP contribution in [-0.4, -0.2) is 27.5 Å². The van der Waals surface area contributed by atoms with Gasteiger partial charge in [0, 0.05) is 53.1 Å². The highest BCUT2D eigenvalue weighted by molar-refractivity contribution is 8.00. The minimum Gasteiger partial charge on any atom is -0.373 e. The first-order chi connectivity index (χ1) is 12.6. The SMILES string of the molecule is CN1C=C(C(=O)c2ccccc2)C2CC1c1c(n(C)c3ccccc13)S2. The number of benzene rings is 2. The van der Waals surface area contributed by atoms with Gasteiger partial charge in [-0.05, 0) is 12.5 Å². The Morgan fingerprint density at radius 1 is 1.04 bits per heavy atom. The molecule has 1 aromatic heterocycles. The first kappa shape index (κ1) is 15.8. The number of fused-ring (bicyclic) bond motifs is 6. The number of rotatable bonds is 2. The van der Waals surface area contributed by atoms with Crippen LogP contribution in [0.4, 0.5) is 0 Å². The van der Waals surface area contributed by atoms with E-state index in [0.717, 1.165) is 17.6 Å². The molecule has 0 N–H and O–H groups in total. The lowest BCUT2D eigenvalue weighted by atomic mass is 9.90. The molecule has 0 amide bonds. The van der Waals surface area contributed by atoms with Gasteiger partial charge in [-0.15, -0.1) is 0 Å². The third-order valence-electron chi connectivity index (χ3n) is 5.59. The molecule has 2 aliphatic heterocycles. The predicted molar refractivity (Wildman–Crippen MR) is 107 cm³/mol. The fourth-order valence-electron chi connectivity index (χ4n) is 4.28. The highest BCUT2D eigenvalue weighted by Gasteiger charge is 2.40. The molecule has 5 rings (SSSR count). The number of carbonyl (C=O) groups excluding carboxylic acids is 1. The van der Waals surface area contributed by atoms with Crippen LogP contribution in [0.2, 0.25) is 0 Å². The van der Waals surface area contributed by atoms with E-state index >= 15 is 0 Å². The van der Waals surface area contributed by atoms with Gasteiger partial charge in [0.2, 0.25) is 0 Å². The van der Waals surface area contributed by atoms with E-state index in [1.54, 1.807) is 0 Å². The Morgan fingerprint density at radius 3 is 2.58 bits per heavy atom. The summed E-state index contributed by atoms with van der Waals surface area (Å²) in [5, 5.41) is 2.84. The average Bonchev–Trinajstić information content (AvgIpc) is 2.97. The highest BCUT2D eigenvalue weighted by atomic mass is 32.2. The fraction of sp³-hybridized carbons (Fsp3) is 0.227. The second-order valence-electron chi connectivity index (χ2n) is 7.10. The van der Waals surface area contributed by atoms with Crippen molar-refractivity contribution < 1.29 is 4.79 Å². The van der Waals surface area contributed by atoms with Crippen LogP contribution in [-0.2, 0) is 7.05 Å². The molecule has 0 spiro atoms. The van der Waals surface area contributed by atoms with Crippen LogP contribution in [0, 0.1) is 0 Å². The van der Waals surface area contributed by atoms with Gasteiger partial charge >= 0.3 is 0 Å². The fourth-order valence-corrected chi connectivity index (χ4v) is 5.75. The summed E-state index contributed by atoms with van der Waals surface area (Å²) in [4.78, 5) is 15.3. The van der Waals surface area contributed by atoms with Gasteiger partial charge in [-0.1, -0.05) is 60.3 Å². The van der Waals surface area contributed by atoms with Gasteiger partial charge in [-0.2, -0.15) is 0 Å². The summed E-state index contributed by atoms with van der Waals surface area (Å²) in [6.45, 7) is 0. The molecule has 2 atom stereocenters. The van der Waals surface area contributed by atoms with Gasteiger partial charge in [-0.25, -0.2) is 0 Å². The van der Waals surface area contributed by atoms with E-state index in [-0.39, 0.29) is 11.0 Å². The quantitative estimate of drug-likeness (QED) is 0.614. The lowest BCUT2D eigenvalue weighted by Gasteiger charge is -2.40. The molecule has 0 saturated carbocycles. The van der Waals surface area contributed by atoms with Crippen molar-refractivity contribution in [3.8, 4) is 0 Å². The number of aryl methyl sites for hydroxylation is 1. The van der Waals surface area contributed by atoms with E-state index in [2.05, 4.69) is 54.0 Å². The Labute approximate surface area is 157 Å². The summed E-state index contributed by atoms with van der Waals surface area (Å²) in [6.07, 6.45) is 3.05. The standard InChI is InChI=1S/C22H20N2OS/c1-23-13-16(21(25)14-8-4-3-5-9-14)19-12-18(23)20-15-10-6-7-11-17(15)24(2)22(20)26-19/h3-11,13,18-19H,12H2,1-2H3. The number of ketones is 1. The van der Waals surface area contributed by atoms with Crippen LogP contribution in [0.5, 0.6) is 0 Å². The Hall–Kier alpha value is -2.46. The molecular weight excluding hydrogens is 340 g/mol. The molecule has 3 nitrogen and oxygen atoms in total. The first-order valence-corrected chi connectivity index (χ1v) is 9.80. The largest absolute Gasteiger partial charge is 0.373 e. The lowest BCUT2D eigenvalue weighted by molar-refractivity contribution is 0.102. The number of carbonyl (C=O) groups is 1. The average molecular weight is 360 g/mol. The van der Waals surface area contributed by atoms with Crippen molar-refractivity contribution in [2.45, 2.75) is 22.7 Å². The van der Waals surface area contributed by atoms with Gasteiger partial charge in [-0.3, -0.25) is 4.79 Å². The zero-order valence-corrected chi connectivity index (χ0v) is 15.7. The van der Waals surface area contributed by atoms with Gasteiger partial charge in [0.15, 0.2) is 5.78 Å². The number of para-hydroxylation sites is 1. The normalized spacial score (nSPS) is 21.5. The molecule has 0 fully saturated rings. The third kappa shape index (κ3) is 2.18. The second-order valence-corrected chi connectivity index (χ2v) is 8.29. The number of nitrogens with zero attached hydrogens (tertiary/aromatic N) is 2. The zero-order chi connectivity index (χ0) is 17.8. The number of aromatic nitrogens is 1. The summed E-state index contributed by atoms with van der Waals surface area (Å²) in [5.41, 5.74) is 4.36. The van der Waals surface area contributed by atoms with Crippen LogP contribution in [0.25, 0.3) is 10.9 Å². The van der Waals surface area contributed by atoms with Crippen molar-refractivity contribution in [2.75, 3.05) is 7.05 Å². The molecule has 2 aromatic carbocycles. The maximum absolute atomic E-state index is 13.1. The van der Waals surface area contributed by atoms with Crippen molar-refractivity contribution in [2.24, 2.45) is 7.05 Å². The van der Waals surface area contributed by atoms with Gasteiger partial charge in [0.1, 0.15) is 0 Å². The van der Waals surface area contributed by atoms with E-state index in [1.165, 1.54) is 21.5 Å². The van der Waals surface area contributed by atoms with Crippen LogP contribution in [0.3, 0.4) is 0 Å². The number of thioether (sulfide) groups is 1. The molecule has 2 unspecified atom stereocenters. The molecular formula is C22H20N2OS. The van der Waals surface area contributed by atoms with Crippen molar-refractivity contribution in [3.05, 3.63) is 77.5 Å². The van der Waals surface area contributed by atoms with Crippen LogP contribution in [0.15, 0.2) is 71.4 Å².